The van der Waals surface area contributed by atoms with Gasteiger partial charge in [0.1, 0.15) is 0 Å². The minimum absolute atomic E-state index is 0.0674. The second-order valence-corrected chi connectivity index (χ2v) is 10.3. The van der Waals surface area contributed by atoms with Gasteiger partial charge in [-0.1, -0.05) is 34.6 Å². The fraction of sp³-hybridized carbons (Fsp3) is 0.727. The molecule has 2 fully saturated rings. The van der Waals surface area contributed by atoms with E-state index in [9.17, 15) is 0 Å². The number of H-pyrrole nitrogens is 2. The zero-order chi connectivity index (χ0) is 20.6. The third kappa shape index (κ3) is 4.44. The van der Waals surface area contributed by atoms with Gasteiger partial charge in [0.15, 0.2) is 0 Å². The minimum atomic E-state index is 0.0674. The lowest BCUT2D eigenvalue weighted by molar-refractivity contribution is 0.122. The number of aromatic nitrogens is 4. The van der Waals surface area contributed by atoms with E-state index < -0.39 is 0 Å². The van der Waals surface area contributed by atoms with Gasteiger partial charge >= 0.3 is 0 Å². The molecule has 7 heteroatoms. The quantitative estimate of drug-likeness (QED) is 0.804. The Balaban J connectivity index is 1.37. The van der Waals surface area contributed by atoms with Crippen molar-refractivity contribution >= 4 is 11.9 Å². The third-order valence-electron chi connectivity index (χ3n) is 6.36. The lowest BCUT2D eigenvalue weighted by Crippen LogP contribution is -2.37. The molecule has 7 nitrogen and oxygen atoms in total. The molecule has 4 rings (SSSR count). The Bertz CT molecular complexity index is 811. The van der Waals surface area contributed by atoms with E-state index in [-0.39, 0.29) is 10.8 Å². The van der Waals surface area contributed by atoms with Crippen molar-refractivity contribution in [1.82, 2.24) is 19.9 Å². The van der Waals surface area contributed by atoms with E-state index >= 15 is 0 Å². The summed E-state index contributed by atoms with van der Waals surface area (Å²) in [5.74, 6) is 2.66. The molecule has 2 aliphatic rings. The first-order valence-electron chi connectivity index (χ1n) is 10.9. The van der Waals surface area contributed by atoms with Crippen LogP contribution in [0.15, 0.2) is 12.4 Å². The summed E-state index contributed by atoms with van der Waals surface area (Å²) < 4.78 is 5.45. The predicted molar refractivity (Wildman–Crippen MR) is 117 cm³/mol. The van der Waals surface area contributed by atoms with Gasteiger partial charge in [-0.2, -0.15) is 0 Å². The smallest absolute Gasteiger partial charge is 0.203 e. The first-order chi connectivity index (χ1) is 13.7. The number of morpholine rings is 1. The number of hydrogen-bond acceptors (Lipinski definition) is 5. The van der Waals surface area contributed by atoms with Gasteiger partial charge in [-0.15, -0.1) is 0 Å². The van der Waals surface area contributed by atoms with Gasteiger partial charge < -0.3 is 24.5 Å². The summed E-state index contributed by atoms with van der Waals surface area (Å²) in [7, 11) is 0. The maximum Gasteiger partial charge on any atom is 0.203 e. The molecule has 0 radical (unpaired) electrons. The second-order valence-electron chi connectivity index (χ2n) is 10.3. The monoisotopic (exact) mass is 400 g/mol. The first kappa shape index (κ1) is 20.3. The van der Waals surface area contributed by atoms with Gasteiger partial charge in [0.05, 0.1) is 25.6 Å². The summed E-state index contributed by atoms with van der Waals surface area (Å²) in [5, 5.41) is 0. The maximum atomic E-state index is 5.45. The molecule has 0 amide bonds. The molecule has 2 saturated heterocycles. The van der Waals surface area contributed by atoms with Crippen LogP contribution in [0.2, 0.25) is 0 Å². The third-order valence-corrected chi connectivity index (χ3v) is 6.36. The van der Waals surface area contributed by atoms with Gasteiger partial charge in [-0.25, -0.2) is 9.97 Å². The van der Waals surface area contributed by atoms with Crippen LogP contribution in [0.25, 0.3) is 0 Å². The Labute approximate surface area is 174 Å². The fourth-order valence-electron chi connectivity index (χ4n) is 4.47. The molecule has 1 atom stereocenters. The number of hydrogen-bond donors (Lipinski definition) is 2. The van der Waals surface area contributed by atoms with Gasteiger partial charge in [0, 0.05) is 48.4 Å². The van der Waals surface area contributed by atoms with E-state index in [2.05, 4.69) is 64.4 Å². The average molecular weight is 401 g/mol. The molecule has 2 N–H and O–H groups in total. The number of aromatic amines is 2. The van der Waals surface area contributed by atoms with E-state index in [4.69, 9.17) is 4.74 Å². The van der Waals surface area contributed by atoms with Crippen molar-refractivity contribution in [3.05, 3.63) is 23.8 Å². The molecule has 2 aliphatic heterocycles. The molecule has 0 bridgehead atoms. The molecule has 0 aromatic carbocycles. The molecule has 2 aromatic rings. The molecular weight excluding hydrogens is 364 g/mol. The van der Waals surface area contributed by atoms with Crippen molar-refractivity contribution in [2.24, 2.45) is 5.92 Å². The van der Waals surface area contributed by atoms with Gasteiger partial charge in [-0.05, 0) is 18.8 Å². The van der Waals surface area contributed by atoms with Crippen molar-refractivity contribution < 1.29 is 4.74 Å². The maximum absolute atomic E-state index is 5.45. The van der Waals surface area contributed by atoms with Gasteiger partial charge in [0.25, 0.3) is 0 Å². The SMILES string of the molecule is CC(C)(C)c1cnc(N2CCC(CC(C)(C)c3cnc(N4CCOCC4)[nH]3)C2)[nH]1. The van der Waals surface area contributed by atoms with Crippen LogP contribution in [-0.4, -0.2) is 59.3 Å². The minimum Gasteiger partial charge on any atom is -0.378 e. The van der Waals surface area contributed by atoms with Crippen molar-refractivity contribution in [1.29, 1.82) is 0 Å². The highest BCUT2D eigenvalue weighted by molar-refractivity contribution is 5.36. The summed E-state index contributed by atoms with van der Waals surface area (Å²) in [6.45, 7) is 16.8. The van der Waals surface area contributed by atoms with E-state index in [1.54, 1.807) is 0 Å². The van der Waals surface area contributed by atoms with Crippen LogP contribution in [0, 0.1) is 5.92 Å². The van der Waals surface area contributed by atoms with E-state index in [0.717, 1.165) is 57.7 Å². The van der Waals surface area contributed by atoms with E-state index in [0.29, 0.717) is 5.92 Å². The fourth-order valence-corrected chi connectivity index (χ4v) is 4.47. The predicted octanol–water partition coefficient (Wildman–Crippen LogP) is 3.46. The second kappa shape index (κ2) is 7.67. The van der Waals surface area contributed by atoms with Crippen LogP contribution in [-0.2, 0) is 15.6 Å². The lowest BCUT2D eigenvalue weighted by Gasteiger charge is -2.28. The molecule has 0 saturated carbocycles. The van der Waals surface area contributed by atoms with Crippen molar-refractivity contribution in [3.8, 4) is 0 Å². The van der Waals surface area contributed by atoms with E-state index in [1.165, 1.54) is 17.8 Å². The van der Waals surface area contributed by atoms with Crippen LogP contribution in [0.1, 0.15) is 58.8 Å². The normalized spacial score (nSPS) is 21.2. The number of anilines is 2. The number of rotatable bonds is 5. The summed E-state index contributed by atoms with van der Waals surface area (Å²) in [6.07, 6.45) is 6.37. The van der Waals surface area contributed by atoms with E-state index in [1.807, 2.05) is 12.4 Å². The highest BCUT2D eigenvalue weighted by atomic mass is 16.5. The molecule has 0 spiro atoms. The number of nitrogens with one attached hydrogen (secondary N) is 2. The molecule has 0 aliphatic carbocycles. The summed E-state index contributed by atoms with van der Waals surface area (Å²) >= 11 is 0. The van der Waals surface area contributed by atoms with Crippen LogP contribution in [0.3, 0.4) is 0 Å². The molecular formula is C22H36N6O. The summed E-state index contributed by atoms with van der Waals surface area (Å²) in [6, 6.07) is 0. The van der Waals surface area contributed by atoms with Crippen molar-refractivity contribution in [2.75, 3.05) is 49.2 Å². The van der Waals surface area contributed by atoms with Crippen LogP contribution < -0.4 is 9.80 Å². The van der Waals surface area contributed by atoms with Crippen LogP contribution in [0.5, 0.6) is 0 Å². The van der Waals surface area contributed by atoms with Crippen LogP contribution in [0.4, 0.5) is 11.9 Å². The number of nitrogens with zero attached hydrogens (tertiary/aromatic N) is 4. The van der Waals surface area contributed by atoms with Gasteiger partial charge in [-0.3, -0.25) is 0 Å². The summed E-state index contributed by atoms with van der Waals surface area (Å²) in [5.41, 5.74) is 2.60. The summed E-state index contributed by atoms with van der Waals surface area (Å²) in [4.78, 5) is 21.1. The molecule has 29 heavy (non-hydrogen) atoms. The Kier molecular flexibility index (Phi) is 5.36. The zero-order valence-corrected chi connectivity index (χ0v) is 18.6. The number of ether oxygens (including phenoxy) is 1. The first-order valence-corrected chi connectivity index (χ1v) is 10.9. The Hall–Kier alpha value is -2.02. The van der Waals surface area contributed by atoms with Crippen molar-refractivity contribution in [3.63, 3.8) is 0 Å². The Morgan fingerprint density at radius 1 is 0.931 bits per heavy atom. The molecule has 2 aromatic heterocycles. The molecule has 1 unspecified atom stereocenters. The van der Waals surface area contributed by atoms with Gasteiger partial charge in [0.2, 0.25) is 11.9 Å². The number of imidazole rings is 2. The standard InChI is InChI=1S/C22H36N6O/c1-21(2,3)17-13-23-20(25-17)28-7-6-16(15-28)12-22(4,5)18-14-24-19(26-18)27-8-10-29-11-9-27/h13-14,16H,6-12,15H2,1-5H3,(H,23,25)(H,24,26). The average Bonchev–Trinajstić information content (AvgIpc) is 3.41. The molecule has 4 heterocycles. The highest BCUT2D eigenvalue weighted by Crippen LogP contribution is 2.35. The largest absolute Gasteiger partial charge is 0.378 e. The highest BCUT2D eigenvalue weighted by Gasteiger charge is 2.33. The Morgan fingerprint density at radius 3 is 2.21 bits per heavy atom. The Morgan fingerprint density at radius 2 is 1.55 bits per heavy atom. The van der Waals surface area contributed by atoms with Crippen molar-refractivity contribution in [2.45, 2.75) is 58.3 Å². The topological polar surface area (TPSA) is 73.1 Å². The zero-order valence-electron chi connectivity index (χ0n) is 18.6. The molecule has 160 valence electrons. The van der Waals surface area contributed by atoms with Crippen LogP contribution >= 0.6 is 0 Å². The lowest BCUT2D eigenvalue weighted by atomic mass is 9.80.